The second-order valence-corrected chi connectivity index (χ2v) is 7.31. The normalized spacial score (nSPS) is 19.6. The van der Waals surface area contributed by atoms with Gasteiger partial charge >= 0.3 is 0 Å². The zero-order chi connectivity index (χ0) is 17.8. The van der Waals surface area contributed by atoms with Crippen molar-refractivity contribution in [3.8, 4) is 11.5 Å². The number of carboxylic acid groups (broad SMARTS) is 1. The van der Waals surface area contributed by atoms with Crippen molar-refractivity contribution < 1.29 is 24.7 Å². The molecule has 0 saturated carbocycles. The molecule has 0 aromatic heterocycles. The van der Waals surface area contributed by atoms with Gasteiger partial charge < -0.3 is 24.7 Å². The van der Waals surface area contributed by atoms with Crippen molar-refractivity contribution in [2.75, 3.05) is 12.9 Å². The number of benzene rings is 2. The first-order chi connectivity index (χ1) is 12.1. The molecule has 1 aliphatic rings. The van der Waals surface area contributed by atoms with E-state index in [2.05, 4.69) is 0 Å². The first-order valence-corrected chi connectivity index (χ1v) is 9.22. The maximum absolute atomic E-state index is 11.0. The lowest BCUT2D eigenvalue weighted by Crippen LogP contribution is -2.90. The molecule has 25 heavy (non-hydrogen) atoms. The SMILES string of the molecule is COc1cc([C@@H]2[NH2+][C@@H](C(=O)[O-])CS2)ccc1OCc1ccc(Cl)cc1. The Morgan fingerprint density at radius 1 is 1.28 bits per heavy atom. The predicted octanol–water partition coefficient (Wildman–Crippen LogP) is 1.35. The van der Waals surface area contributed by atoms with Crippen LogP contribution in [-0.2, 0) is 11.4 Å². The van der Waals surface area contributed by atoms with Gasteiger partial charge in [0, 0.05) is 10.6 Å². The number of methoxy groups -OCH3 is 1. The van der Waals surface area contributed by atoms with Crippen LogP contribution in [-0.4, -0.2) is 24.9 Å². The van der Waals surface area contributed by atoms with Crippen LogP contribution in [0.5, 0.6) is 11.5 Å². The highest BCUT2D eigenvalue weighted by Gasteiger charge is 2.31. The van der Waals surface area contributed by atoms with Crippen LogP contribution >= 0.6 is 23.4 Å². The monoisotopic (exact) mass is 379 g/mol. The third kappa shape index (κ3) is 4.39. The van der Waals surface area contributed by atoms with E-state index in [0.29, 0.717) is 28.9 Å². The second-order valence-electron chi connectivity index (χ2n) is 5.70. The van der Waals surface area contributed by atoms with Crippen molar-refractivity contribution in [2.24, 2.45) is 0 Å². The fourth-order valence-corrected chi connectivity index (χ4v) is 4.03. The summed E-state index contributed by atoms with van der Waals surface area (Å²) in [5.41, 5.74) is 2.00. The molecule has 2 aromatic rings. The van der Waals surface area contributed by atoms with E-state index >= 15 is 0 Å². The molecule has 0 amide bonds. The van der Waals surface area contributed by atoms with E-state index in [0.717, 1.165) is 11.1 Å². The Hall–Kier alpha value is -1.89. The molecule has 2 N–H and O–H groups in total. The third-order valence-electron chi connectivity index (χ3n) is 3.99. The Morgan fingerprint density at radius 2 is 2.04 bits per heavy atom. The molecule has 5 nitrogen and oxygen atoms in total. The summed E-state index contributed by atoms with van der Waals surface area (Å²) < 4.78 is 11.3. The van der Waals surface area contributed by atoms with Crippen LogP contribution < -0.4 is 19.9 Å². The van der Waals surface area contributed by atoms with Gasteiger partial charge in [-0.05, 0) is 35.9 Å². The molecule has 1 heterocycles. The first kappa shape index (κ1) is 17.9. The number of carbonyl (C=O) groups is 1. The number of aliphatic carboxylic acids is 1. The van der Waals surface area contributed by atoms with Gasteiger partial charge in [0.25, 0.3) is 0 Å². The van der Waals surface area contributed by atoms with Gasteiger partial charge in [0.2, 0.25) is 0 Å². The number of quaternary nitrogens is 1. The number of ether oxygens (including phenoxy) is 2. The van der Waals surface area contributed by atoms with Gasteiger partial charge in [-0.3, -0.25) is 0 Å². The van der Waals surface area contributed by atoms with Crippen LogP contribution in [0, 0.1) is 0 Å². The van der Waals surface area contributed by atoms with Gasteiger partial charge in [0.05, 0.1) is 12.9 Å². The topological polar surface area (TPSA) is 75.2 Å². The second kappa shape index (κ2) is 7.99. The number of nitrogens with two attached hydrogens (primary N) is 1. The van der Waals surface area contributed by atoms with E-state index in [-0.39, 0.29) is 5.37 Å². The fraction of sp³-hybridized carbons (Fsp3) is 0.278. The summed E-state index contributed by atoms with van der Waals surface area (Å²) in [6, 6.07) is 12.6. The van der Waals surface area contributed by atoms with Crippen LogP contribution in [0.15, 0.2) is 42.5 Å². The van der Waals surface area contributed by atoms with Gasteiger partial charge in [0.1, 0.15) is 18.6 Å². The minimum Gasteiger partial charge on any atom is -0.544 e. The molecule has 0 spiro atoms. The maximum atomic E-state index is 11.0. The lowest BCUT2D eigenvalue weighted by Gasteiger charge is -2.15. The smallest absolute Gasteiger partial charge is 0.161 e. The van der Waals surface area contributed by atoms with Gasteiger partial charge in [0.15, 0.2) is 16.9 Å². The molecule has 2 atom stereocenters. The average molecular weight is 380 g/mol. The lowest BCUT2D eigenvalue weighted by molar-refractivity contribution is -0.690. The summed E-state index contributed by atoms with van der Waals surface area (Å²) >= 11 is 7.46. The minimum atomic E-state index is -1.02. The quantitative estimate of drug-likeness (QED) is 0.820. The van der Waals surface area contributed by atoms with Crippen molar-refractivity contribution in [3.05, 3.63) is 58.6 Å². The molecule has 0 unspecified atom stereocenters. The van der Waals surface area contributed by atoms with E-state index in [4.69, 9.17) is 21.1 Å². The molecule has 1 aliphatic heterocycles. The summed E-state index contributed by atoms with van der Waals surface area (Å²) in [7, 11) is 1.59. The van der Waals surface area contributed by atoms with E-state index in [1.165, 1.54) is 0 Å². The van der Waals surface area contributed by atoms with E-state index in [9.17, 15) is 9.90 Å². The zero-order valence-corrected chi connectivity index (χ0v) is 15.2. The standard InChI is InChI=1S/C18H18ClNO4S/c1-23-16-8-12(17-20-14(10-25-17)18(21)22)4-7-15(16)24-9-11-2-5-13(19)6-3-11/h2-8,14,17,20H,9-10H2,1H3,(H,21,22)/t14-,17-/m1/s1. The summed E-state index contributed by atoms with van der Waals surface area (Å²) in [6.07, 6.45) is 0. The molecule has 7 heteroatoms. The van der Waals surface area contributed by atoms with Gasteiger partial charge in [-0.1, -0.05) is 35.5 Å². The number of hydrogen-bond donors (Lipinski definition) is 1. The molecule has 3 rings (SSSR count). The summed E-state index contributed by atoms with van der Waals surface area (Å²) in [5, 5.41) is 13.5. The highest BCUT2D eigenvalue weighted by molar-refractivity contribution is 7.99. The number of halogens is 1. The lowest BCUT2D eigenvalue weighted by atomic mass is 10.2. The maximum Gasteiger partial charge on any atom is 0.161 e. The van der Waals surface area contributed by atoms with Gasteiger partial charge in [-0.2, -0.15) is 0 Å². The van der Waals surface area contributed by atoms with Crippen molar-refractivity contribution in [3.63, 3.8) is 0 Å². The van der Waals surface area contributed by atoms with Gasteiger partial charge in [-0.15, -0.1) is 0 Å². The molecular formula is C18H18ClNO4S. The number of carboxylic acids is 1. The molecule has 132 valence electrons. The average Bonchev–Trinajstić information content (AvgIpc) is 3.11. The number of rotatable bonds is 6. The summed E-state index contributed by atoms with van der Waals surface area (Å²) in [6.45, 7) is 0.407. The third-order valence-corrected chi connectivity index (χ3v) is 5.58. The van der Waals surface area contributed by atoms with Crippen LogP contribution in [0.4, 0.5) is 0 Å². The van der Waals surface area contributed by atoms with Crippen LogP contribution in [0.3, 0.4) is 0 Å². The molecular weight excluding hydrogens is 362 g/mol. The largest absolute Gasteiger partial charge is 0.544 e. The fourth-order valence-electron chi connectivity index (χ4n) is 2.61. The highest BCUT2D eigenvalue weighted by Crippen LogP contribution is 2.34. The van der Waals surface area contributed by atoms with E-state index < -0.39 is 12.0 Å². The van der Waals surface area contributed by atoms with Crippen LogP contribution in [0.1, 0.15) is 16.5 Å². The Labute approximate surface area is 155 Å². The molecule has 0 radical (unpaired) electrons. The Balaban J connectivity index is 1.69. The number of thioether (sulfide) groups is 1. The molecule has 1 fully saturated rings. The van der Waals surface area contributed by atoms with E-state index in [1.807, 2.05) is 47.8 Å². The molecule has 2 aromatic carbocycles. The van der Waals surface area contributed by atoms with Crippen molar-refractivity contribution in [1.29, 1.82) is 0 Å². The van der Waals surface area contributed by atoms with Crippen LogP contribution in [0.2, 0.25) is 5.02 Å². The van der Waals surface area contributed by atoms with E-state index in [1.54, 1.807) is 18.9 Å². The summed E-state index contributed by atoms with van der Waals surface area (Å²) in [5.74, 6) is 0.771. The Bertz CT molecular complexity index is 753. The Morgan fingerprint density at radius 3 is 2.68 bits per heavy atom. The zero-order valence-electron chi connectivity index (χ0n) is 13.6. The molecule has 0 aliphatic carbocycles. The van der Waals surface area contributed by atoms with Crippen molar-refractivity contribution in [2.45, 2.75) is 18.0 Å². The molecule has 0 bridgehead atoms. The minimum absolute atomic E-state index is 0.0158. The van der Waals surface area contributed by atoms with Crippen molar-refractivity contribution in [1.82, 2.24) is 0 Å². The summed E-state index contributed by atoms with van der Waals surface area (Å²) in [4.78, 5) is 11.0. The number of hydrogen-bond acceptors (Lipinski definition) is 5. The first-order valence-electron chi connectivity index (χ1n) is 7.79. The van der Waals surface area contributed by atoms with Crippen molar-refractivity contribution >= 4 is 29.3 Å². The highest BCUT2D eigenvalue weighted by atomic mass is 35.5. The Kier molecular flexibility index (Phi) is 5.73. The van der Waals surface area contributed by atoms with Gasteiger partial charge in [-0.25, -0.2) is 0 Å². The predicted molar refractivity (Wildman–Crippen MR) is 94.7 cm³/mol. The number of carbonyl (C=O) groups excluding carboxylic acids is 1. The van der Waals surface area contributed by atoms with Crippen LogP contribution in [0.25, 0.3) is 0 Å². The molecule has 1 saturated heterocycles.